The average Bonchev–Trinajstić information content (AvgIpc) is 2.55. The van der Waals surface area contributed by atoms with Gasteiger partial charge < -0.3 is 14.2 Å². The minimum Gasteiger partial charge on any atom is -0.493 e. The largest absolute Gasteiger partial charge is 0.493 e. The summed E-state index contributed by atoms with van der Waals surface area (Å²) >= 11 is 18.0. The summed E-state index contributed by atoms with van der Waals surface area (Å²) in [6.07, 6.45) is 1.62. The van der Waals surface area contributed by atoms with Crippen molar-refractivity contribution in [2.24, 2.45) is 4.99 Å². The van der Waals surface area contributed by atoms with E-state index in [2.05, 4.69) is 4.99 Å². The van der Waals surface area contributed by atoms with Gasteiger partial charge in [0.05, 0.1) is 42.1 Å². The Morgan fingerprint density at radius 2 is 1.35 bits per heavy atom. The molecule has 0 spiro atoms. The summed E-state index contributed by atoms with van der Waals surface area (Å²) in [5.74, 6) is 1.58. The predicted molar refractivity (Wildman–Crippen MR) is 94.8 cm³/mol. The molecule has 0 amide bonds. The Morgan fingerprint density at radius 3 is 1.87 bits per heavy atom. The highest BCUT2D eigenvalue weighted by Gasteiger charge is 2.12. The van der Waals surface area contributed by atoms with E-state index in [-0.39, 0.29) is 0 Å². The van der Waals surface area contributed by atoms with Crippen molar-refractivity contribution in [1.82, 2.24) is 0 Å². The lowest BCUT2D eigenvalue weighted by atomic mass is 10.2. The quantitative estimate of drug-likeness (QED) is 0.518. The average molecular weight is 375 g/mol. The Bertz CT molecular complexity index is 723. The molecule has 0 radical (unpaired) electrons. The van der Waals surface area contributed by atoms with Crippen LogP contribution in [0.2, 0.25) is 15.1 Å². The molecule has 4 nitrogen and oxygen atoms in total. The van der Waals surface area contributed by atoms with Gasteiger partial charge in [-0.3, -0.25) is 4.99 Å². The van der Waals surface area contributed by atoms with E-state index >= 15 is 0 Å². The van der Waals surface area contributed by atoms with Gasteiger partial charge in [0, 0.05) is 11.8 Å². The first-order chi connectivity index (χ1) is 11.0. The molecule has 0 unspecified atom stereocenters. The van der Waals surface area contributed by atoms with E-state index < -0.39 is 0 Å². The van der Waals surface area contributed by atoms with Crippen LogP contribution in [-0.4, -0.2) is 27.5 Å². The van der Waals surface area contributed by atoms with Crippen molar-refractivity contribution in [3.8, 4) is 17.2 Å². The molecule has 0 heterocycles. The van der Waals surface area contributed by atoms with Crippen LogP contribution in [0.1, 0.15) is 5.56 Å². The minimum absolute atomic E-state index is 0.378. The number of aliphatic imine (C=N–C) groups is 1. The summed E-state index contributed by atoms with van der Waals surface area (Å²) < 4.78 is 15.9. The second-order valence-corrected chi connectivity index (χ2v) is 5.66. The molecule has 0 aliphatic rings. The van der Waals surface area contributed by atoms with Crippen LogP contribution >= 0.6 is 34.8 Å². The number of benzene rings is 2. The summed E-state index contributed by atoms with van der Waals surface area (Å²) in [5, 5.41) is 1.17. The lowest BCUT2D eigenvalue weighted by molar-refractivity contribution is 0.324. The van der Waals surface area contributed by atoms with Crippen molar-refractivity contribution in [3.63, 3.8) is 0 Å². The van der Waals surface area contributed by atoms with E-state index in [1.54, 1.807) is 51.8 Å². The zero-order valence-electron chi connectivity index (χ0n) is 12.7. The number of hydrogen-bond acceptors (Lipinski definition) is 4. The SMILES string of the molecule is COc1cc(C=Nc2cc(Cl)c(Cl)cc2Cl)cc(OC)c1OC. The highest BCUT2D eigenvalue weighted by atomic mass is 35.5. The molecule has 0 saturated carbocycles. The second-order valence-electron chi connectivity index (χ2n) is 4.43. The Morgan fingerprint density at radius 1 is 0.783 bits per heavy atom. The molecule has 0 bridgehead atoms. The van der Waals surface area contributed by atoms with Crippen molar-refractivity contribution in [1.29, 1.82) is 0 Å². The molecule has 0 saturated heterocycles. The van der Waals surface area contributed by atoms with E-state index in [1.165, 1.54) is 0 Å². The number of hydrogen-bond donors (Lipinski definition) is 0. The van der Waals surface area contributed by atoms with Crippen molar-refractivity contribution >= 4 is 46.7 Å². The van der Waals surface area contributed by atoms with Crippen LogP contribution in [0.15, 0.2) is 29.3 Å². The van der Waals surface area contributed by atoms with Gasteiger partial charge in [0.25, 0.3) is 0 Å². The fourth-order valence-electron chi connectivity index (χ4n) is 1.93. The maximum atomic E-state index is 6.11. The first kappa shape index (κ1) is 17.7. The fraction of sp³-hybridized carbons (Fsp3) is 0.188. The standard InChI is InChI=1S/C16H14Cl3NO3/c1-21-14-4-9(5-15(22-2)16(14)23-3)8-20-13-7-11(18)10(17)6-12(13)19/h4-8H,1-3H3. The summed E-state index contributed by atoms with van der Waals surface area (Å²) in [4.78, 5) is 4.33. The van der Waals surface area contributed by atoms with Gasteiger partial charge in [-0.2, -0.15) is 0 Å². The van der Waals surface area contributed by atoms with Crippen LogP contribution in [-0.2, 0) is 0 Å². The topological polar surface area (TPSA) is 40.0 Å². The van der Waals surface area contributed by atoms with Gasteiger partial charge in [-0.1, -0.05) is 34.8 Å². The third kappa shape index (κ3) is 4.02. The first-order valence-corrected chi connectivity index (χ1v) is 7.62. The Hall–Kier alpha value is -1.62. The molecule has 7 heteroatoms. The Balaban J connectivity index is 2.42. The molecule has 0 aliphatic heterocycles. The molecule has 2 aromatic carbocycles. The van der Waals surface area contributed by atoms with Gasteiger partial charge >= 0.3 is 0 Å². The maximum Gasteiger partial charge on any atom is 0.203 e. The van der Waals surface area contributed by atoms with Crippen LogP contribution in [0.4, 0.5) is 5.69 Å². The van der Waals surface area contributed by atoms with Crippen LogP contribution in [0.3, 0.4) is 0 Å². The van der Waals surface area contributed by atoms with Gasteiger partial charge in [0.2, 0.25) is 5.75 Å². The third-order valence-electron chi connectivity index (χ3n) is 3.03. The molecule has 0 aromatic heterocycles. The van der Waals surface area contributed by atoms with Crippen molar-refractivity contribution in [3.05, 3.63) is 44.9 Å². The van der Waals surface area contributed by atoms with Crippen LogP contribution < -0.4 is 14.2 Å². The van der Waals surface area contributed by atoms with E-state index in [0.29, 0.717) is 38.0 Å². The van der Waals surface area contributed by atoms with E-state index in [9.17, 15) is 0 Å². The first-order valence-electron chi connectivity index (χ1n) is 6.48. The summed E-state index contributed by atoms with van der Waals surface area (Å²) in [6.45, 7) is 0. The summed E-state index contributed by atoms with van der Waals surface area (Å²) in [5.41, 5.74) is 1.26. The normalized spacial score (nSPS) is 10.9. The number of rotatable bonds is 5. The highest BCUT2D eigenvalue weighted by molar-refractivity contribution is 6.43. The minimum atomic E-state index is 0.378. The van der Waals surface area contributed by atoms with Crippen molar-refractivity contribution in [2.75, 3.05) is 21.3 Å². The molecule has 2 aromatic rings. The van der Waals surface area contributed by atoms with Crippen molar-refractivity contribution in [2.45, 2.75) is 0 Å². The third-order valence-corrected chi connectivity index (χ3v) is 4.05. The van der Waals surface area contributed by atoms with Gasteiger partial charge in [0.1, 0.15) is 0 Å². The second kappa shape index (κ2) is 7.77. The summed E-state index contributed by atoms with van der Waals surface area (Å²) in [7, 11) is 4.64. The van der Waals surface area contributed by atoms with E-state index in [1.807, 2.05) is 0 Å². The zero-order chi connectivity index (χ0) is 17.0. The number of halogens is 3. The molecule has 2 rings (SSSR count). The monoisotopic (exact) mass is 373 g/mol. The van der Waals surface area contributed by atoms with E-state index in [4.69, 9.17) is 49.0 Å². The van der Waals surface area contributed by atoms with Crippen molar-refractivity contribution < 1.29 is 14.2 Å². The molecular formula is C16H14Cl3NO3. The molecule has 0 atom stereocenters. The van der Waals surface area contributed by atoms with Crippen LogP contribution in [0.25, 0.3) is 0 Å². The van der Waals surface area contributed by atoms with Gasteiger partial charge in [0.15, 0.2) is 11.5 Å². The van der Waals surface area contributed by atoms with Gasteiger partial charge in [-0.15, -0.1) is 0 Å². The molecular weight excluding hydrogens is 361 g/mol. The smallest absolute Gasteiger partial charge is 0.203 e. The van der Waals surface area contributed by atoms with Crippen LogP contribution in [0, 0.1) is 0 Å². The lowest BCUT2D eigenvalue weighted by Crippen LogP contribution is -1.96. The molecule has 122 valence electrons. The number of nitrogens with zero attached hydrogens (tertiary/aromatic N) is 1. The maximum absolute atomic E-state index is 6.11. The fourth-order valence-corrected chi connectivity index (χ4v) is 2.52. The molecule has 0 aliphatic carbocycles. The Kier molecular flexibility index (Phi) is 5.99. The lowest BCUT2D eigenvalue weighted by Gasteiger charge is -2.12. The molecule has 0 fully saturated rings. The number of methoxy groups -OCH3 is 3. The van der Waals surface area contributed by atoms with Gasteiger partial charge in [-0.25, -0.2) is 0 Å². The van der Waals surface area contributed by atoms with Gasteiger partial charge in [-0.05, 0) is 24.3 Å². The zero-order valence-corrected chi connectivity index (χ0v) is 15.0. The van der Waals surface area contributed by atoms with E-state index in [0.717, 1.165) is 5.56 Å². The highest BCUT2D eigenvalue weighted by Crippen LogP contribution is 2.38. The number of ether oxygens (including phenoxy) is 3. The molecule has 23 heavy (non-hydrogen) atoms. The molecule has 0 N–H and O–H groups in total. The summed E-state index contributed by atoms with van der Waals surface area (Å²) in [6, 6.07) is 6.70. The Labute approximate surface area is 149 Å². The predicted octanol–water partition coefficient (Wildman–Crippen LogP) is 5.42. The van der Waals surface area contributed by atoms with Crippen LogP contribution in [0.5, 0.6) is 17.2 Å².